The maximum atomic E-state index is 12.2. The van der Waals surface area contributed by atoms with Crippen LogP contribution in [0.4, 0.5) is 0 Å². The van der Waals surface area contributed by atoms with Crippen LogP contribution < -0.4 is 5.56 Å². The first-order valence-corrected chi connectivity index (χ1v) is 6.25. The summed E-state index contributed by atoms with van der Waals surface area (Å²) in [5.41, 5.74) is 0.597. The number of hydrogen-bond acceptors (Lipinski definition) is 3. The Morgan fingerprint density at radius 2 is 2.11 bits per heavy atom. The fourth-order valence-corrected chi connectivity index (χ4v) is 1.89. The van der Waals surface area contributed by atoms with Gasteiger partial charge in [-0.1, -0.05) is 32.4 Å². The van der Waals surface area contributed by atoms with E-state index in [4.69, 9.17) is 0 Å². The number of fused-ring (bicyclic) bond motifs is 1. The molecule has 0 aliphatic rings. The van der Waals surface area contributed by atoms with Gasteiger partial charge in [0.25, 0.3) is 5.56 Å². The molecule has 1 aromatic carbocycles. The van der Waals surface area contributed by atoms with Crippen LogP contribution in [0.15, 0.2) is 35.4 Å². The molecule has 2 unspecified atom stereocenters. The van der Waals surface area contributed by atoms with Crippen molar-refractivity contribution in [3.05, 3.63) is 40.9 Å². The fraction of sp³-hybridized carbons (Fsp3) is 0.429. The highest BCUT2D eigenvalue weighted by Crippen LogP contribution is 2.10. The molecule has 2 rings (SSSR count). The van der Waals surface area contributed by atoms with Gasteiger partial charge in [-0.25, -0.2) is 4.98 Å². The van der Waals surface area contributed by atoms with Crippen molar-refractivity contribution in [1.82, 2.24) is 9.55 Å². The topological polar surface area (TPSA) is 55.1 Å². The van der Waals surface area contributed by atoms with Gasteiger partial charge in [0.05, 0.1) is 29.9 Å². The number of benzene rings is 1. The number of rotatable bonds is 4. The summed E-state index contributed by atoms with van der Waals surface area (Å²) in [6, 6.07) is 7.25. The summed E-state index contributed by atoms with van der Waals surface area (Å²) in [7, 11) is 0. The first kappa shape index (κ1) is 12.8. The minimum Gasteiger partial charge on any atom is -0.391 e. The second-order valence-electron chi connectivity index (χ2n) is 4.67. The molecule has 0 radical (unpaired) electrons. The van der Waals surface area contributed by atoms with E-state index >= 15 is 0 Å². The Bertz CT molecular complexity index is 592. The lowest BCUT2D eigenvalue weighted by molar-refractivity contribution is 0.0954. The van der Waals surface area contributed by atoms with Crippen LogP contribution in [-0.4, -0.2) is 20.8 Å². The summed E-state index contributed by atoms with van der Waals surface area (Å²) in [6.45, 7) is 4.30. The Morgan fingerprint density at radius 3 is 2.83 bits per heavy atom. The molecule has 96 valence electrons. The van der Waals surface area contributed by atoms with Crippen LogP contribution in [-0.2, 0) is 6.54 Å². The summed E-state index contributed by atoms with van der Waals surface area (Å²) in [5, 5.41) is 10.6. The molecule has 0 fully saturated rings. The zero-order valence-corrected chi connectivity index (χ0v) is 10.7. The Kier molecular flexibility index (Phi) is 3.77. The van der Waals surface area contributed by atoms with Gasteiger partial charge in [-0.05, 0) is 18.1 Å². The lowest BCUT2D eigenvalue weighted by Crippen LogP contribution is -2.30. The van der Waals surface area contributed by atoms with Crippen LogP contribution in [0.25, 0.3) is 10.9 Å². The van der Waals surface area contributed by atoms with Gasteiger partial charge in [0, 0.05) is 0 Å². The molecule has 0 aliphatic carbocycles. The number of hydrogen-bond donors (Lipinski definition) is 1. The van der Waals surface area contributed by atoms with Gasteiger partial charge in [0.15, 0.2) is 0 Å². The minimum atomic E-state index is -0.518. The van der Waals surface area contributed by atoms with E-state index in [1.165, 1.54) is 10.9 Å². The van der Waals surface area contributed by atoms with Crippen LogP contribution in [0.1, 0.15) is 20.3 Å². The maximum Gasteiger partial charge on any atom is 0.261 e. The average Bonchev–Trinajstić information content (AvgIpc) is 2.41. The van der Waals surface area contributed by atoms with E-state index in [1.807, 2.05) is 32.0 Å². The highest BCUT2D eigenvalue weighted by Gasteiger charge is 2.14. The number of aliphatic hydroxyl groups is 1. The number of aromatic nitrogens is 2. The lowest BCUT2D eigenvalue weighted by atomic mass is 10.0. The smallest absolute Gasteiger partial charge is 0.261 e. The molecule has 2 atom stereocenters. The van der Waals surface area contributed by atoms with Crippen LogP contribution in [0.5, 0.6) is 0 Å². The van der Waals surface area contributed by atoms with E-state index in [-0.39, 0.29) is 11.5 Å². The van der Waals surface area contributed by atoms with E-state index in [1.54, 1.807) is 6.07 Å². The Balaban J connectivity index is 2.35. The second kappa shape index (κ2) is 5.31. The molecule has 2 aromatic rings. The second-order valence-corrected chi connectivity index (χ2v) is 4.67. The monoisotopic (exact) mass is 246 g/mol. The van der Waals surface area contributed by atoms with Crippen LogP contribution >= 0.6 is 0 Å². The molecule has 4 nitrogen and oxygen atoms in total. The van der Waals surface area contributed by atoms with E-state index in [0.29, 0.717) is 17.4 Å². The quantitative estimate of drug-likeness (QED) is 0.895. The molecule has 0 aliphatic heterocycles. The molecule has 4 heteroatoms. The normalized spacial score (nSPS) is 14.6. The van der Waals surface area contributed by atoms with Crippen molar-refractivity contribution < 1.29 is 5.11 Å². The van der Waals surface area contributed by atoms with Gasteiger partial charge in [0.1, 0.15) is 0 Å². The Morgan fingerprint density at radius 1 is 1.39 bits per heavy atom. The summed E-state index contributed by atoms with van der Waals surface area (Å²) >= 11 is 0. The molecule has 0 bridgehead atoms. The van der Waals surface area contributed by atoms with Gasteiger partial charge in [0.2, 0.25) is 0 Å². The third kappa shape index (κ3) is 2.43. The van der Waals surface area contributed by atoms with Crippen molar-refractivity contribution >= 4 is 10.9 Å². The van der Waals surface area contributed by atoms with Gasteiger partial charge in [-0.2, -0.15) is 0 Å². The average molecular weight is 246 g/mol. The van der Waals surface area contributed by atoms with Gasteiger partial charge >= 0.3 is 0 Å². The number of para-hydroxylation sites is 1. The standard InChI is InChI=1S/C14H18N2O2/c1-3-10(2)13(17)8-16-9-15-12-7-5-4-6-11(12)14(16)18/h4-7,9-10,13,17H,3,8H2,1-2H3. The third-order valence-corrected chi connectivity index (χ3v) is 3.42. The van der Waals surface area contributed by atoms with Crippen molar-refractivity contribution in [2.45, 2.75) is 32.9 Å². The first-order chi connectivity index (χ1) is 8.63. The van der Waals surface area contributed by atoms with E-state index in [9.17, 15) is 9.90 Å². The van der Waals surface area contributed by atoms with Gasteiger partial charge in [-0.3, -0.25) is 9.36 Å². The molecule has 0 amide bonds. The third-order valence-electron chi connectivity index (χ3n) is 3.42. The highest BCUT2D eigenvalue weighted by molar-refractivity contribution is 5.76. The molecule has 1 aromatic heterocycles. The van der Waals surface area contributed by atoms with Gasteiger partial charge in [-0.15, -0.1) is 0 Å². The number of aliphatic hydroxyl groups excluding tert-OH is 1. The summed E-state index contributed by atoms with van der Waals surface area (Å²) < 4.78 is 1.49. The first-order valence-electron chi connectivity index (χ1n) is 6.25. The fourth-order valence-electron chi connectivity index (χ4n) is 1.89. The Labute approximate surface area is 106 Å². The van der Waals surface area contributed by atoms with Crippen LogP contribution in [0.3, 0.4) is 0 Å². The van der Waals surface area contributed by atoms with E-state index in [0.717, 1.165) is 6.42 Å². The molecular formula is C14H18N2O2. The molecule has 0 spiro atoms. The van der Waals surface area contributed by atoms with Crippen molar-refractivity contribution in [2.24, 2.45) is 5.92 Å². The largest absolute Gasteiger partial charge is 0.391 e. The highest BCUT2D eigenvalue weighted by atomic mass is 16.3. The molecular weight excluding hydrogens is 228 g/mol. The molecule has 0 saturated carbocycles. The van der Waals surface area contributed by atoms with Crippen LogP contribution in [0.2, 0.25) is 0 Å². The van der Waals surface area contributed by atoms with Crippen molar-refractivity contribution in [3.8, 4) is 0 Å². The molecule has 1 heterocycles. The summed E-state index contributed by atoms with van der Waals surface area (Å²) in [4.78, 5) is 16.4. The van der Waals surface area contributed by atoms with Crippen LogP contribution in [0, 0.1) is 5.92 Å². The zero-order chi connectivity index (χ0) is 13.1. The number of nitrogens with zero attached hydrogens (tertiary/aromatic N) is 2. The van der Waals surface area contributed by atoms with E-state index < -0.39 is 6.10 Å². The SMILES string of the molecule is CCC(C)C(O)Cn1cnc2ccccc2c1=O. The van der Waals surface area contributed by atoms with Crippen molar-refractivity contribution in [3.63, 3.8) is 0 Å². The molecule has 0 saturated heterocycles. The zero-order valence-electron chi connectivity index (χ0n) is 10.7. The summed E-state index contributed by atoms with van der Waals surface area (Å²) in [6.07, 6.45) is 1.88. The molecule has 1 N–H and O–H groups in total. The van der Waals surface area contributed by atoms with Crippen molar-refractivity contribution in [1.29, 1.82) is 0 Å². The van der Waals surface area contributed by atoms with Gasteiger partial charge < -0.3 is 5.11 Å². The van der Waals surface area contributed by atoms with Crippen molar-refractivity contribution in [2.75, 3.05) is 0 Å². The summed E-state index contributed by atoms with van der Waals surface area (Å²) in [5.74, 6) is 0.170. The molecule has 18 heavy (non-hydrogen) atoms. The maximum absolute atomic E-state index is 12.2. The van der Waals surface area contributed by atoms with E-state index in [2.05, 4.69) is 4.98 Å². The lowest BCUT2D eigenvalue weighted by Gasteiger charge is -2.18. The predicted octanol–water partition coefficient (Wildman–Crippen LogP) is 1.80. The Hall–Kier alpha value is -1.68. The minimum absolute atomic E-state index is 0.0945. The predicted molar refractivity (Wildman–Crippen MR) is 71.5 cm³/mol.